The summed E-state index contributed by atoms with van der Waals surface area (Å²) in [5, 5.41) is 5.66. The van der Waals surface area contributed by atoms with Gasteiger partial charge in [-0.2, -0.15) is 0 Å². The first-order valence-corrected chi connectivity index (χ1v) is 14.1. The van der Waals surface area contributed by atoms with Crippen LogP contribution in [0.4, 0.5) is 10.6 Å². The summed E-state index contributed by atoms with van der Waals surface area (Å²) in [4.78, 5) is 34.6. The van der Waals surface area contributed by atoms with Crippen LogP contribution in [0, 0.1) is 0 Å². The van der Waals surface area contributed by atoms with Crippen molar-refractivity contribution in [2.75, 3.05) is 25.0 Å². The number of anilines is 1. The number of ether oxygens (including phenoxy) is 1. The Labute approximate surface area is 178 Å². The largest absolute Gasteiger partial charge is 0.361 e. The SMILES string of the molecule is CC(=O)N1CCC[C@@H](NC(=O)Nc2cnc3c(ccn3COCC[Si](C)(C)C)n2)C1. The standard InChI is InChI=1S/C20H32N6O3Si/c1-15(27)25-8-5-6-16(13-25)22-20(28)24-18-12-21-19-17(23-18)7-9-26(19)14-29-10-11-30(2,3)4/h7,9,12,16H,5-6,8,10-11,13-14H2,1-4H3,(H2,22,23,24,28)/t16-/m1/s1. The molecular weight excluding hydrogens is 400 g/mol. The number of rotatable bonds is 7. The number of carbonyl (C=O) groups excluding carboxylic acids is 2. The van der Waals surface area contributed by atoms with E-state index in [1.807, 2.05) is 16.8 Å². The van der Waals surface area contributed by atoms with Crippen LogP contribution in [0.5, 0.6) is 0 Å². The molecule has 2 aromatic rings. The zero-order valence-corrected chi connectivity index (χ0v) is 19.3. The average Bonchev–Trinajstić information content (AvgIpc) is 3.07. The first kappa shape index (κ1) is 22.2. The van der Waals surface area contributed by atoms with Gasteiger partial charge in [0, 0.05) is 46.9 Å². The monoisotopic (exact) mass is 432 g/mol. The van der Waals surface area contributed by atoms with Gasteiger partial charge in [0.2, 0.25) is 5.91 Å². The lowest BCUT2D eigenvalue weighted by Crippen LogP contribution is -2.50. The predicted molar refractivity (Wildman–Crippen MR) is 119 cm³/mol. The van der Waals surface area contributed by atoms with Gasteiger partial charge in [-0.15, -0.1) is 0 Å². The Balaban J connectivity index is 1.53. The molecule has 9 nitrogen and oxygen atoms in total. The van der Waals surface area contributed by atoms with Crippen molar-refractivity contribution in [3.05, 3.63) is 18.5 Å². The van der Waals surface area contributed by atoms with Gasteiger partial charge in [-0.05, 0) is 25.0 Å². The minimum Gasteiger partial charge on any atom is -0.361 e. The third kappa shape index (κ3) is 6.27. The predicted octanol–water partition coefficient (Wildman–Crippen LogP) is 2.88. The number of amides is 3. The zero-order chi connectivity index (χ0) is 21.7. The van der Waals surface area contributed by atoms with Crippen LogP contribution in [0.2, 0.25) is 25.7 Å². The van der Waals surface area contributed by atoms with Crippen molar-refractivity contribution >= 4 is 37.0 Å². The van der Waals surface area contributed by atoms with Gasteiger partial charge in [-0.3, -0.25) is 10.1 Å². The molecule has 164 valence electrons. The fraction of sp³-hybridized carbons (Fsp3) is 0.600. The number of aromatic nitrogens is 3. The van der Waals surface area contributed by atoms with Gasteiger partial charge >= 0.3 is 6.03 Å². The summed E-state index contributed by atoms with van der Waals surface area (Å²) in [6.45, 7) is 11.0. The Morgan fingerprint density at radius 3 is 2.87 bits per heavy atom. The van der Waals surface area contributed by atoms with Gasteiger partial charge in [0.15, 0.2) is 11.5 Å². The van der Waals surface area contributed by atoms with Crippen molar-refractivity contribution in [3.8, 4) is 0 Å². The van der Waals surface area contributed by atoms with Gasteiger partial charge in [-0.1, -0.05) is 19.6 Å². The summed E-state index contributed by atoms with van der Waals surface area (Å²) in [5.74, 6) is 0.420. The smallest absolute Gasteiger partial charge is 0.320 e. The lowest BCUT2D eigenvalue weighted by atomic mass is 10.1. The van der Waals surface area contributed by atoms with Crippen LogP contribution < -0.4 is 10.6 Å². The van der Waals surface area contributed by atoms with Crippen molar-refractivity contribution < 1.29 is 14.3 Å². The van der Waals surface area contributed by atoms with E-state index in [2.05, 4.69) is 40.2 Å². The molecule has 0 bridgehead atoms. The highest BCUT2D eigenvalue weighted by molar-refractivity contribution is 6.76. The summed E-state index contributed by atoms with van der Waals surface area (Å²) in [7, 11) is -1.11. The maximum absolute atomic E-state index is 12.3. The Morgan fingerprint density at radius 1 is 1.33 bits per heavy atom. The fourth-order valence-corrected chi connectivity index (χ4v) is 4.14. The first-order chi connectivity index (χ1) is 14.2. The quantitative estimate of drug-likeness (QED) is 0.517. The van der Waals surface area contributed by atoms with Crippen LogP contribution in [0.1, 0.15) is 19.8 Å². The van der Waals surface area contributed by atoms with E-state index in [-0.39, 0.29) is 18.0 Å². The van der Waals surface area contributed by atoms with Crippen LogP contribution in [-0.2, 0) is 16.3 Å². The van der Waals surface area contributed by atoms with E-state index in [0.717, 1.165) is 37.7 Å². The van der Waals surface area contributed by atoms with Gasteiger partial charge in [0.25, 0.3) is 0 Å². The number of hydrogen-bond donors (Lipinski definition) is 2. The second kappa shape index (κ2) is 9.56. The molecule has 1 aliphatic rings. The van der Waals surface area contributed by atoms with E-state index in [0.29, 0.717) is 24.6 Å². The molecule has 1 atom stereocenters. The van der Waals surface area contributed by atoms with Crippen LogP contribution >= 0.6 is 0 Å². The zero-order valence-electron chi connectivity index (χ0n) is 18.3. The maximum atomic E-state index is 12.3. The molecule has 1 saturated heterocycles. The second-order valence-electron chi connectivity index (χ2n) is 9.00. The van der Waals surface area contributed by atoms with Crippen LogP contribution in [-0.4, -0.2) is 65.2 Å². The van der Waals surface area contributed by atoms with Crippen LogP contribution in [0.15, 0.2) is 18.5 Å². The number of nitrogens with zero attached hydrogens (tertiary/aromatic N) is 4. The molecule has 0 unspecified atom stereocenters. The molecule has 3 rings (SSSR count). The molecule has 0 aliphatic carbocycles. The molecule has 0 spiro atoms. The molecule has 3 heterocycles. The molecule has 30 heavy (non-hydrogen) atoms. The van der Waals surface area contributed by atoms with Gasteiger partial charge < -0.3 is 19.5 Å². The van der Waals surface area contributed by atoms with E-state index < -0.39 is 8.07 Å². The van der Waals surface area contributed by atoms with E-state index >= 15 is 0 Å². The molecule has 0 radical (unpaired) electrons. The van der Waals surface area contributed by atoms with Gasteiger partial charge in [0.1, 0.15) is 12.2 Å². The van der Waals surface area contributed by atoms with Crippen LogP contribution in [0.3, 0.4) is 0 Å². The summed E-state index contributed by atoms with van der Waals surface area (Å²) < 4.78 is 7.70. The van der Waals surface area contributed by atoms with Crippen LogP contribution in [0.25, 0.3) is 11.2 Å². The topological polar surface area (TPSA) is 101 Å². The average molecular weight is 433 g/mol. The fourth-order valence-electron chi connectivity index (χ4n) is 3.39. The number of hydrogen-bond acceptors (Lipinski definition) is 5. The third-order valence-corrected chi connectivity index (χ3v) is 6.84. The molecular formula is C20H32N6O3Si. The van der Waals surface area contributed by atoms with Crippen molar-refractivity contribution in [3.63, 3.8) is 0 Å². The third-order valence-electron chi connectivity index (χ3n) is 5.13. The summed E-state index contributed by atoms with van der Waals surface area (Å²) in [5.41, 5.74) is 1.42. The summed E-state index contributed by atoms with van der Waals surface area (Å²) in [6, 6.07) is 2.58. The Morgan fingerprint density at radius 2 is 2.13 bits per heavy atom. The number of carbonyl (C=O) groups is 2. The lowest BCUT2D eigenvalue weighted by molar-refractivity contribution is -0.130. The molecule has 1 fully saturated rings. The summed E-state index contributed by atoms with van der Waals surface area (Å²) >= 11 is 0. The Bertz CT molecular complexity index is 894. The minimum absolute atomic E-state index is 0.0344. The van der Waals surface area contributed by atoms with Crippen molar-refractivity contribution in [1.29, 1.82) is 0 Å². The number of urea groups is 1. The van der Waals surface area contributed by atoms with Crippen molar-refractivity contribution in [2.24, 2.45) is 0 Å². The van der Waals surface area contributed by atoms with E-state index in [4.69, 9.17) is 4.74 Å². The highest BCUT2D eigenvalue weighted by atomic mass is 28.3. The van der Waals surface area contributed by atoms with E-state index in [1.165, 1.54) is 0 Å². The Kier molecular flexibility index (Phi) is 7.09. The highest BCUT2D eigenvalue weighted by Gasteiger charge is 2.23. The second-order valence-corrected chi connectivity index (χ2v) is 14.6. The molecule has 0 aromatic carbocycles. The van der Waals surface area contributed by atoms with Crippen molar-refractivity contribution in [1.82, 2.24) is 24.8 Å². The highest BCUT2D eigenvalue weighted by Crippen LogP contribution is 2.15. The molecule has 10 heteroatoms. The molecule has 2 aromatic heterocycles. The van der Waals surface area contributed by atoms with E-state index in [9.17, 15) is 9.59 Å². The Hall–Kier alpha value is -2.46. The minimum atomic E-state index is -1.11. The maximum Gasteiger partial charge on any atom is 0.320 e. The first-order valence-electron chi connectivity index (χ1n) is 10.4. The molecule has 2 N–H and O–H groups in total. The lowest BCUT2D eigenvalue weighted by Gasteiger charge is -2.32. The van der Waals surface area contributed by atoms with Gasteiger partial charge in [-0.25, -0.2) is 14.8 Å². The van der Waals surface area contributed by atoms with Gasteiger partial charge in [0.05, 0.1) is 6.20 Å². The summed E-state index contributed by atoms with van der Waals surface area (Å²) in [6.07, 6.45) is 5.16. The molecule has 3 amide bonds. The molecule has 1 aliphatic heterocycles. The number of likely N-dealkylation sites (tertiary alicyclic amines) is 1. The number of nitrogens with one attached hydrogen (secondary N) is 2. The normalized spacial score (nSPS) is 17.2. The van der Waals surface area contributed by atoms with Crippen molar-refractivity contribution in [2.45, 2.75) is 58.2 Å². The van der Waals surface area contributed by atoms with E-state index in [1.54, 1.807) is 18.0 Å². The molecule has 0 saturated carbocycles. The number of fused-ring (bicyclic) bond motifs is 1. The number of piperidine rings is 1.